The van der Waals surface area contributed by atoms with Crippen molar-refractivity contribution in [3.05, 3.63) is 40.9 Å². The van der Waals surface area contributed by atoms with Gasteiger partial charge in [0.15, 0.2) is 11.7 Å². The van der Waals surface area contributed by atoms with Crippen LogP contribution in [0.15, 0.2) is 30.3 Å². The molecule has 0 aliphatic heterocycles. The summed E-state index contributed by atoms with van der Waals surface area (Å²) in [6.07, 6.45) is 0.851. The van der Waals surface area contributed by atoms with Crippen molar-refractivity contribution in [3.8, 4) is 0 Å². The summed E-state index contributed by atoms with van der Waals surface area (Å²) in [4.78, 5) is 34.8. The van der Waals surface area contributed by atoms with Gasteiger partial charge < -0.3 is 14.6 Å². The molecule has 0 aromatic heterocycles. The molecule has 1 aromatic rings. The average molecular weight is 341 g/mol. The number of rotatable bonds is 7. The van der Waals surface area contributed by atoms with Crippen molar-refractivity contribution < 1.29 is 29.0 Å². The molecule has 0 radical (unpaired) electrons. The third kappa shape index (κ3) is 5.75. The second kappa shape index (κ2) is 8.95. The van der Waals surface area contributed by atoms with Crippen LogP contribution in [0.4, 0.5) is 0 Å². The molecule has 0 heterocycles. The van der Waals surface area contributed by atoms with Gasteiger partial charge in [-0.25, -0.2) is 0 Å². The molecule has 0 amide bonds. The van der Waals surface area contributed by atoms with Crippen molar-refractivity contribution >= 4 is 35.1 Å². The molecule has 1 aromatic carbocycles. The quantitative estimate of drug-likeness (QED) is 0.355. The molecule has 0 unspecified atom stereocenters. The highest BCUT2D eigenvalue weighted by molar-refractivity contribution is 6.30. The van der Waals surface area contributed by atoms with E-state index in [0.717, 1.165) is 20.3 Å². The maximum Gasteiger partial charge on any atom is 0.320 e. The first-order valence-corrected chi connectivity index (χ1v) is 7.12. The van der Waals surface area contributed by atoms with Gasteiger partial charge in [-0.2, -0.15) is 0 Å². The van der Waals surface area contributed by atoms with Crippen LogP contribution in [-0.2, 0) is 23.9 Å². The van der Waals surface area contributed by atoms with Gasteiger partial charge in [-0.15, -0.1) is 0 Å². The molecule has 7 heteroatoms. The maximum atomic E-state index is 11.9. The van der Waals surface area contributed by atoms with Crippen LogP contribution in [0.25, 0.3) is 5.76 Å². The lowest BCUT2D eigenvalue weighted by Crippen LogP contribution is -2.27. The van der Waals surface area contributed by atoms with E-state index < -0.39 is 23.6 Å². The Hall–Kier alpha value is -2.34. The highest BCUT2D eigenvalue weighted by atomic mass is 35.5. The average Bonchev–Trinajstić information content (AvgIpc) is 2.54. The largest absolute Gasteiger partial charge is 0.507 e. The van der Waals surface area contributed by atoms with Gasteiger partial charge >= 0.3 is 11.9 Å². The molecule has 124 valence electrons. The zero-order valence-corrected chi connectivity index (χ0v) is 13.5. The highest BCUT2D eigenvalue weighted by Crippen LogP contribution is 2.17. The summed E-state index contributed by atoms with van der Waals surface area (Å²) in [6.45, 7) is 0. The van der Waals surface area contributed by atoms with Crippen LogP contribution in [0.5, 0.6) is 0 Å². The molecule has 0 spiro atoms. The minimum atomic E-state index is -1.17. The third-order valence-electron chi connectivity index (χ3n) is 3.09. The van der Waals surface area contributed by atoms with E-state index in [4.69, 9.17) is 11.6 Å². The lowest BCUT2D eigenvalue weighted by atomic mass is 10.0. The number of allylic oxidation sites excluding steroid dienone is 1. The van der Waals surface area contributed by atoms with Crippen LogP contribution < -0.4 is 0 Å². The summed E-state index contributed by atoms with van der Waals surface area (Å²) >= 11 is 5.74. The minimum absolute atomic E-state index is 0.0669. The molecular formula is C16H17ClO6. The second-order valence-corrected chi connectivity index (χ2v) is 5.08. The number of carbonyl (C=O) groups is 3. The molecule has 1 rings (SSSR count). The van der Waals surface area contributed by atoms with Crippen molar-refractivity contribution in [2.24, 2.45) is 5.92 Å². The topological polar surface area (TPSA) is 89.9 Å². The predicted octanol–water partition coefficient (Wildman–Crippen LogP) is 2.55. The molecule has 23 heavy (non-hydrogen) atoms. The summed E-state index contributed by atoms with van der Waals surface area (Å²) in [5.41, 5.74) is 0.431. The number of ether oxygens (including phenoxy) is 2. The lowest BCUT2D eigenvalue weighted by Gasteiger charge is -2.11. The number of benzene rings is 1. The van der Waals surface area contributed by atoms with Gasteiger partial charge in [0, 0.05) is 23.1 Å². The molecule has 0 aliphatic carbocycles. The minimum Gasteiger partial charge on any atom is -0.507 e. The Morgan fingerprint density at radius 1 is 1.13 bits per heavy atom. The number of aliphatic hydroxyl groups is 1. The van der Waals surface area contributed by atoms with Gasteiger partial charge in [0.1, 0.15) is 5.76 Å². The van der Waals surface area contributed by atoms with Gasteiger partial charge in [0.2, 0.25) is 0 Å². The lowest BCUT2D eigenvalue weighted by molar-refractivity contribution is -0.159. The third-order valence-corrected chi connectivity index (χ3v) is 3.34. The summed E-state index contributed by atoms with van der Waals surface area (Å²) in [6, 6.07) is 6.28. The van der Waals surface area contributed by atoms with Crippen molar-refractivity contribution in [3.63, 3.8) is 0 Å². The van der Waals surface area contributed by atoms with Crippen molar-refractivity contribution in [2.75, 3.05) is 14.2 Å². The Labute approximate surface area is 138 Å². The Kier molecular flexibility index (Phi) is 7.28. The summed E-state index contributed by atoms with van der Waals surface area (Å²) < 4.78 is 9.00. The molecule has 0 saturated heterocycles. The fraction of sp³-hybridized carbons (Fsp3) is 0.312. The van der Waals surface area contributed by atoms with E-state index in [1.807, 2.05) is 0 Å². The van der Waals surface area contributed by atoms with Crippen LogP contribution in [-0.4, -0.2) is 37.0 Å². The molecular weight excluding hydrogens is 324 g/mol. The van der Waals surface area contributed by atoms with Crippen LogP contribution >= 0.6 is 11.6 Å². The number of hydrogen-bond donors (Lipinski definition) is 1. The molecule has 0 fully saturated rings. The number of methoxy groups -OCH3 is 2. The van der Waals surface area contributed by atoms with Crippen LogP contribution in [0.1, 0.15) is 18.4 Å². The van der Waals surface area contributed by atoms with E-state index in [2.05, 4.69) is 9.47 Å². The monoisotopic (exact) mass is 340 g/mol. The number of hydrogen-bond acceptors (Lipinski definition) is 6. The molecule has 0 bridgehead atoms. The Bertz CT molecular complexity index is 590. The van der Waals surface area contributed by atoms with Gasteiger partial charge in [-0.1, -0.05) is 11.6 Å². The number of aliphatic hydroxyl groups excluding tert-OH is 1. The van der Waals surface area contributed by atoms with Crippen LogP contribution in [0.3, 0.4) is 0 Å². The number of halogens is 1. The second-order valence-electron chi connectivity index (χ2n) is 4.64. The van der Waals surface area contributed by atoms with Crippen molar-refractivity contribution in [1.82, 2.24) is 0 Å². The van der Waals surface area contributed by atoms with Crippen molar-refractivity contribution in [2.45, 2.75) is 12.8 Å². The zero-order valence-electron chi connectivity index (χ0n) is 12.7. The molecule has 6 nitrogen and oxygen atoms in total. The SMILES string of the molecule is COC(=O)C(CCC(=O)/C=C(\O)c1ccc(Cl)cc1)C(=O)OC. The van der Waals surface area contributed by atoms with Crippen LogP contribution in [0.2, 0.25) is 5.02 Å². The predicted molar refractivity (Wildman–Crippen MR) is 83.8 cm³/mol. The number of esters is 2. The highest BCUT2D eigenvalue weighted by Gasteiger charge is 2.28. The number of ketones is 1. The first-order valence-electron chi connectivity index (χ1n) is 6.74. The van der Waals surface area contributed by atoms with E-state index in [1.54, 1.807) is 24.3 Å². The van der Waals surface area contributed by atoms with Gasteiger partial charge in [-0.3, -0.25) is 14.4 Å². The van der Waals surface area contributed by atoms with Crippen molar-refractivity contribution in [1.29, 1.82) is 0 Å². The Balaban J connectivity index is 2.70. The molecule has 0 saturated carbocycles. The fourth-order valence-electron chi connectivity index (χ4n) is 1.83. The normalized spacial score (nSPS) is 11.2. The van der Waals surface area contributed by atoms with E-state index in [9.17, 15) is 19.5 Å². The Morgan fingerprint density at radius 3 is 2.13 bits per heavy atom. The molecule has 0 aliphatic rings. The fourth-order valence-corrected chi connectivity index (χ4v) is 1.96. The van der Waals surface area contributed by atoms with E-state index in [0.29, 0.717) is 10.6 Å². The first kappa shape index (κ1) is 18.7. The Morgan fingerprint density at radius 2 is 1.65 bits per heavy atom. The number of carbonyl (C=O) groups excluding carboxylic acids is 3. The first-order chi connectivity index (χ1) is 10.9. The van der Waals surface area contributed by atoms with E-state index in [1.165, 1.54) is 0 Å². The van der Waals surface area contributed by atoms with E-state index in [-0.39, 0.29) is 18.6 Å². The van der Waals surface area contributed by atoms with E-state index >= 15 is 0 Å². The molecule has 0 atom stereocenters. The summed E-state index contributed by atoms with van der Waals surface area (Å²) in [5, 5.41) is 10.4. The van der Waals surface area contributed by atoms with Gasteiger partial charge in [-0.05, 0) is 30.7 Å². The zero-order chi connectivity index (χ0) is 17.4. The van der Waals surface area contributed by atoms with Gasteiger partial charge in [0.25, 0.3) is 0 Å². The smallest absolute Gasteiger partial charge is 0.320 e. The van der Waals surface area contributed by atoms with Crippen LogP contribution in [0, 0.1) is 5.92 Å². The maximum absolute atomic E-state index is 11.9. The summed E-state index contributed by atoms with van der Waals surface area (Å²) in [5.74, 6) is -3.36. The summed E-state index contributed by atoms with van der Waals surface area (Å²) in [7, 11) is 2.29. The van der Waals surface area contributed by atoms with Gasteiger partial charge in [0.05, 0.1) is 14.2 Å². The standard InChI is InChI=1S/C16H17ClO6/c1-22-15(20)13(16(21)23-2)8-7-12(18)9-14(19)10-3-5-11(17)6-4-10/h3-6,9,13,19H,7-8H2,1-2H3/b14-9-. The molecule has 1 N–H and O–H groups in total.